The molecule has 6 aromatic carbocycles. The van der Waals surface area contributed by atoms with Gasteiger partial charge in [-0.25, -0.2) is 4.98 Å². The monoisotopic (exact) mass is 603 g/mol. The Hall–Kier alpha value is -6.20. The lowest BCUT2D eigenvalue weighted by atomic mass is 10.1. The molecule has 5 heteroatoms. The summed E-state index contributed by atoms with van der Waals surface area (Å²) in [4.78, 5) is 10.6. The molecule has 222 valence electrons. The molecule has 4 heterocycles. The molecule has 5 nitrogen and oxygen atoms in total. The topological polar surface area (TPSA) is 40.0 Å². The van der Waals surface area contributed by atoms with E-state index in [1.165, 1.54) is 49.3 Å². The van der Waals surface area contributed by atoms with E-state index >= 15 is 0 Å². The van der Waals surface area contributed by atoms with Crippen molar-refractivity contribution in [2.45, 2.75) is 6.42 Å². The molecule has 0 atom stereocenters. The van der Waals surface area contributed by atoms with Gasteiger partial charge in [0.05, 0.1) is 27.8 Å². The van der Waals surface area contributed by atoms with E-state index in [1.807, 2.05) is 0 Å². The van der Waals surface area contributed by atoms with Crippen LogP contribution >= 0.6 is 0 Å². The summed E-state index contributed by atoms with van der Waals surface area (Å²) in [5, 5.41) is 5.96. The number of imidazole rings is 1. The number of benzene rings is 6. The SMILES string of the molecule is c1ccc(-n2c(-c3ccc(-n4c5ccccc5c5ccccc54)cc3)nc3c2=NCCC=3n2c3ccccc3c3ccccc32)cc1. The van der Waals surface area contributed by atoms with E-state index in [9.17, 15) is 0 Å². The summed E-state index contributed by atoms with van der Waals surface area (Å²) in [6, 6.07) is 54.0. The van der Waals surface area contributed by atoms with Gasteiger partial charge in [-0.2, -0.15) is 0 Å². The van der Waals surface area contributed by atoms with Gasteiger partial charge >= 0.3 is 0 Å². The van der Waals surface area contributed by atoms with Crippen LogP contribution in [0.1, 0.15) is 6.42 Å². The Bertz CT molecular complexity index is 2670. The van der Waals surface area contributed by atoms with Crippen LogP contribution in [-0.4, -0.2) is 25.2 Å². The molecular weight excluding hydrogens is 574 g/mol. The third-order valence-corrected chi connectivity index (χ3v) is 9.56. The molecule has 0 bridgehead atoms. The maximum Gasteiger partial charge on any atom is 0.162 e. The first kappa shape index (κ1) is 26.1. The quantitative estimate of drug-likeness (QED) is 0.199. The summed E-state index contributed by atoms with van der Waals surface area (Å²) in [5.41, 5.74) is 10.1. The van der Waals surface area contributed by atoms with Gasteiger partial charge in [0.2, 0.25) is 0 Å². The van der Waals surface area contributed by atoms with Crippen LogP contribution in [0.4, 0.5) is 0 Å². The van der Waals surface area contributed by atoms with Gasteiger partial charge in [0, 0.05) is 51.4 Å². The minimum atomic E-state index is 0.702. The summed E-state index contributed by atoms with van der Waals surface area (Å²) in [6.07, 6.45) is 0.813. The zero-order valence-electron chi connectivity index (χ0n) is 25.6. The van der Waals surface area contributed by atoms with Crippen LogP contribution in [0.15, 0.2) is 157 Å². The number of aromatic nitrogens is 4. The van der Waals surface area contributed by atoms with Crippen molar-refractivity contribution in [2.24, 2.45) is 4.99 Å². The normalized spacial score (nSPS) is 13.1. The second kappa shape index (κ2) is 10.2. The molecule has 0 unspecified atom stereocenters. The lowest BCUT2D eigenvalue weighted by Crippen LogP contribution is -2.36. The number of hydrogen-bond acceptors (Lipinski definition) is 2. The average molecular weight is 604 g/mol. The van der Waals surface area contributed by atoms with E-state index in [1.54, 1.807) is 0 Å². The second-order valence-corrected chi connectivity index (χ2v) is 12.1. The molecule has 0 spiro atoms. The van der Waals surface area contributed by atoms with E-state index in [4.69, 9.17) is 9.98 Å². The third kappa shape index (κ3) is 3.83. The van der Waals surface area contributed by atoms with Crippen molar-refractivity contribution in [2.75, 3.05) is 6.54 Å². The van der Waals surface area contributed by atoms with Gasteiger partial charge in [-0.1, -0.05) is 91.0 Å². The first-order valence-corrected chi connectivity index (χ1v) is 16.1. The third-order valence-electron chi connectivity index (χ3n) is 9.56. The molecular formula is C42H29N5. The molecule has 10 rings (SSSR count). The fourth-order valence-corrected chi connectivity index (χ4v) is 7.54. The zero-order valence-corrected chi connectivity index (χ0v) is 25.6. The Labute approximate surface area is 270 Å². The predicted octanol–water partition coefficient (Wildman–Crippen LogP) is 8.42. The van der Waals surface area contributed by atoms with E-state index in [2.05, 4.69) is 165 Å². The first-order valence-electron chi connectivity index (χ1n) is 16.1. The molecule has 0 aliphatic carbocycles. The highest BCUT2D eigenvalue weighted by Crippen LogP contribution is 2.34. The first-order chi connectivity index (χ1) is 23.3. The van der Waals surface area contributed by atoms with Gasteiger partial charge in [0.15, 0.2) is 5.49 Å². The lowest BCUT2D eigenvalue weighted by molar-refractivity contribution is 0.843. The molecule has 0 saturated heterocycles. The van der Waals surface area contributed by atoms with Gasteiger partial charge in [-0.3, -0.25) is 9.56 Å². The van der Waals surface area contributed by atoms with Gasteiger partial charge in [0.1, 0.15) is 11.2 Å². The van der Waals surface area contributed by atoms with Crippen molar-refractivity contribution >= 4 is 49.3 Å². The van der Waals surface area contributed by atoms with Crippen LogP contribution in [0.5, 0.6) is 0 Å². The number of hydrogen-bond donors (Lipinski definition) is 0. The Kier molecular flexibility index (Phi) is 5.63. The Morgan fingerprint density at radius 3 is 1.45 bits per heavy atom. The Morgan fingerprint density at radius 2 is 0.894 bits per heavy atom. The molecule has 3 aromatic heterocycles. The predicted molar refractivity (Wildman–Crippen MR) is 192 cm³/mol. The minimum Gasteiger partial charge on any atom is -0.311 e. The van der Waals surface area contributed by atoms with E-state index in [0.29, 0.717) is 6.54 Å². The summed E-state index contributed by atoms with van der Waals surface area (Å²) < 4.78 is 7.00. The highest BCUT2D eigenvalue weighted by atomic mass is 15.1. The fourth-order valence-electron chi connectivity index (χ4n) is 7.54. The van der Waals surface area contributed by atoms with E-state index < -0.39 is 0 Å². The second-order valence-electron chi connectivity index (χ2n) is 12.1. The maximum atomic E-state index is 5.45. The summed E-state index contributed by atoms with van der Waals surface area (Å²) in [6.45, 7) is 0.702. The van der Waals surface area contributed by atoms with Crippen LogP contribution in [0.2, 0.25) is 0 Å². The Morgan fingerprint density at radius 1 is 0.426 bits per heavy atom. The van der Waals surface area contributed by atoms with Crippen molar-refractivity contribution < 1.29 is 0 Å². The molecule has 0 amide bonds. The highest BCUT2D eigenvalue weighted by molar-refractivity contribution is 6.10. The van der Waals surface area contributed by atoms with Crippen LogP contribution < -0.4 is 10.8 Å². The minimum absolute atomic E-state index is 0.702. The molecule has 47 heavy (non-hydrogen) atoms. The van der Waals surface area contributed by atoms with Gasteiger partial charge in [0.25, 0.3) is 0 Å². The van der Waals surface area contributed by atoms with Crippen molar-refractivity contribution in [1.82, 2.24) is 18.7 Å². The standard InChI is InChI=1S/C42H29N5/c1-2-12-29(13-3-1)46-41(28-22-24-30(25-23-28)45-35-18-8-4-14-31(35)32-15-5-9-19-36(32)45)44-40-39(26-27-43-42(40)46)47-37-20-10-6-16-33(37)34-17-7-11-21-38(34)47/h1-25H,26-27H2. The molecule has 1 aliphatic rings. The van der Waals surface area contributed by atoms with E-state index in [-0.39, 0.29) is 0 Å². The molecule has 0 saturated carbocycles. The van der Waals surface area contributed by atoms with Crippen LogP contribution in [0, 0.1) is 0 Å². The van der Waals surface area contributed by atoms with Crippen molar-refractivity contribution in [1.29, 1.82) is 0 Å². The summed E-state index contributed by atoms with van der Waals surface area (Å²) in [7, 11) is 0. The molecule has 1 aliphatic heterocycles. The number of nitrogens with zero attached hydrogens (tertiary/aromatic N) is 5. The van der Waals surface area contributed by atoms with E-state index in [0.717, 1.165) is 40.0 Å². The van der Waals surface area contributed by atoms with Crippen LogP contribution in [0.3, 0.4) is 0 Å². The lowest BCUT2D eigenvalue weighted by Gasteiger charge is -2.14. The maximum absolute atomic E-state index is 5.45. The van der Waals surface area contributed by atoms with Crippen molar-refractivity contribution in [3.8, 4) is 22.8 Å². The highest BCUT2D eigenvalue weighted by Gasteiger charge is 2.22. The molecule has 0 fully saturated rings. The summed E-state index contributed by atoms with van der Waals surface area (Å²) in [5.74, 6) is 0.888. The Balaban J connectivity index is 1.22. The largest absolute Gasteiger partial charge is 0.311 e. The van der Waals surface area contributed by atoms with Gasteiger partial charge < -0.3 is 9.13 Å². The van der Waals surface area contributed by atoms with Crippen molar-refractivity contribution in [3.63, 3.8) is 0 Å². The zero-order chi connectivity index (χ0) is 30.9. The van der Waals surface area contributed by atoms with Crippen LogP contribution in [0.25, 0.3) is 72.1 Å². The number of rotatable bonds is 4. The van der Waals surface area contributed by atoms with Gasteiger partial charge in [-0.15, -0.1) is 0 Å². The van der Waals surface area contributed by atoms with Gasteiger partial charge in [-0.05, 0) is 60.7 Å². The summed E-state index contributed by atoms with van der Waals surface area (Å²) >= 11 is 0. The smallest absolute Gasteiger partial charge is 0.162 e. The number of fused-ring (bicyclic) bond motifs is 7. The number of para-hydroxylation sites is 5. The average Bonchev–Trinajstić information content (AvgIpc) is 3.80. The molecule has 0 radical (unpaired) electrons. The fraction of sp³-hybridized carbons (Fsp3) is 0.0476. The van der Waals surface area contributed by atoms with Crippen LogP contribution in [-0.2, 0) is 0 Å². The van der Waals surface area contributed by atoms with Crippen molar-refractivity contribution in [3.05, 3.63) is 162 Å². The molecule has 9 aromatic rings. The molecule has 0 N–H and O–H groups in total.